The van der Waals surface area contributed by atoms with Crippen LogP contribution in [0.15, 0.2) is 60.7 Å². The molecule has 8 nitrogen and oxygen atoms in total. The first-order chi connectivity index (χ1) is 14.4. The molecule has 0 spiro atoms. The van der Waals surface area contributed by atoms with Crippen LogP contribution >= 0.6 is 0 Å². The van der Waals surface area contributed by atoms with Gasteiger partial charge in [-0.15, -0.1) is 0 Å². The Kier molecular flexibility index (Phi) is 6.59. The number of anilines is 3. The summed E-state index contributed by atoms with van der Waals surface area (Å²) in [5.74, 6) is -0.676. The lowest BCUT2D eigenvalue weighted by atomic mass is 10.1. The molecule has 0 bridgehead atoms. The summed E-state index contributed by atoms with van der Waals surface area (Å²) in [6.45, 7) is 0. The number of carbonyl (C=O) groups excluding carboxylic acids is 3. The van der Waals surface area contributed by atoms with Crippen LogP contribution in [0.4, 0.5) is 17.2 Å². The number of aryl methyl sites for hydroxylation is 2. The average Bonchev–Trinajstić information content (AvgIpc) is 3.09. The number of aromatic nitrogens is 2. The molecule has 0 fully saturated rings. The van der Waals surface area contributed by atoms with E-state index in [4.69, 9.17) is 5.73 Å². The first kappa shape index (κ1) is 20.8. The van der Waals surface area contributed by atoms with Crippen LogP contribution in [0, 0.1) is 0 Å². The molecule has 30 heavy (non-hydrogen) atoms. The van der Waals surface area contributed by atoms with Crippen LogP contribution in [0.25, 0.3) is 0 Å². The summed E-state index contributed by atoms with van der Waals surface area (Å²) in [6, 6.07) is 17.8. The molecule has 2 amide bonds. The lowest BCUT2D eigenvalue weighted by Gasteiger charge is -2.05. The van der Waals surface area contributed by atoms with Crippen molar-refractivity contribution in [2.24, 2.45) is 7.05 Å². The summed E-state index contributed by atoms with van der Waals surface area (Å²) in [5, 5.41) is 9.50. The third-order valence-corrected chi connectivity index (χ3v) is 4.43. The fourth-order valence-electron chi connectivity index (χ4n) is 2.84. The summed E-state index contributed by atoms with van der Waals surface area (Å²) in [7, 11) is 1.62. The zero-order valence-corrected chi connectivity index (χ0v) is 16.6. The second-order valence-electron chi connectivity index (χ2n) is 6.84. The molecule has 0 aliphatic heterocycles. The van der Waals surface area contributed by atoms with Gasteiger partial charge in [-0.2, -0.15) is 5.10 Å². The van der Waals surface area contributed by atoms with E-state index in [9.17, 15) is 14.4 Å². The van der Waals surface area contributed by atoms with Crippen LogP contribution in [-0.4, -0.2) is 27.4 Å². The number of hydrogen-bond donors (Lipinski definition) is 3. The number of ketones is 1. The number of nitrogen functional groups attached to an aromatic ring is 1. The molecule has 0 atom stereocenters. The Bertz CT molecular complexity index is 1040. The molecule has 154 valence electrons. The minimum atomic E-state index is -0.455. The molecule has 0 unspecified atom stereocenters. The van der Waals surface area contributed by atoms with E-state index in [-0.39, 0.29) is 18.0 Å². The van der Waals surface area contributed by atoms with Gasteiger partial charge in [-0.05, 0) is 36.2 Å². The van der Waals surface area contributed by atoms with Gasteiger partial charge < -0.3 is 16.4 Å². The predicted octanol–water partition coefficient (Wildman–Crippen LogP) is 2.79. The first-order valence-electron chi connectivity index (χ1n) is 9.47. The minimum absolute atomic E-state index is 0.114. The van der Waals surface area contributed by atoms with Crippen LogP contribution in [0.5, 0.6) is 0 Å². The van der Waals surface area contributed by atoms with Crippen molar-refractivity contribution in [3.05, 3.63) is 71.9 Å². The van der Waals surface area contributed by atoms with Crippen molar-refractivity contribution >= 4 is 34.8 Å². The number of rotatable bonds is 8. The van der Waals surface area contributed by atoms with E-state index < -0.39 is 11.7 Å². The molecule has 8 heteroatoms. The van der Waals surface area contributed by atoms with Crippen molar-refractivity contribution in [2.45, 2.75) is 19.3 Å². The van der Waals surface area contributed by atoms with Crippen LogP contribution in [-0.2, 0) is 23.1 Å². The summed E-state index contributed by atoms with van der Waals surface area (Å²) in [5.41, 5.74) is 7.92. The Morgan fingerprint density at radius 2 is 1.67 bits per heavy atom. The fraction of sp³-hybridized carbons (Fsp3) is 0.182. The molecular formula is C22H23N5O3. The third kappa shape index (κ3) is 5.78. The number of amides is 2. The summed E-state index contributed by atoms with van der Waals surface area (Å²) < 4.78 is 1.41. The molecule has 0 saturated heterocycles. The zero-order chi connectivity index (χ0) is 21.5. The number of nitrogens with one attached hydrogen (secondary N) is 2. The Labute approximate surface area is 174 Å². The molecular weight excluding hydrogens is 382 g/mol. The number of nitrogens with zero attached hydrogens (tertiary/aromatic N) is 2. The second-order valence-corrected chi connectivity index (χ2v) is 6.84. The topological polar surface area (TPSA) is 119 Å². The standard InChI is InChI=1S/C22H23N5O3/c1-27-20(25-21(29)12-7-15-5-3-2-4-6-15)13-18(26-27)19(28)14-22(30)24-17-10-8-16(23)9-11-17/h2-6,8-11,13H,7,12,14,23H2,1H3,(H,24,30)(H,25,29). The number of benzene rings is 2. The Morgan fingerprint density at radius 1 is 0.967 bits per heavy atom. The maximum atomic E-state index is 12.4. The van der Waals surface area contributed by atoms with Gasteiger partial charge in [0.25, 0.3) is 0 Å². The van der Waals surface area contributed by atoms with Gasteiger partial charge in [-0.1, -0.05) is 30.3 Å². The van der Waals surface area contributed by atoms with E-state index in [2.05, 4.69) is 15.7 Å². The highest BCUT2D eigenvalue weighted by molar-refractivity contribution is 6.10. The van der Waals surface area contributed by atoms with E-state index >= 15 is 0 Å². The van der Waals surface area contributed by atoms with Gasteiger partial charge in [0.1, 0.15) is 11.5 Å². The van der Waals surface area contributed by atoms with Crippen molar-refractivity contribution in [1.29, 1.82) is 0 Å². The highest BCUT2D eigenvalue weighted by atomic mass is 16.2. The fourth-order valence-corrected chi connectivity index (χ4v) is 2.84. The summed E-state index contributed by atoms with van der Waals surface area (Å²) in [6.07, 6.45) is 0.562. The molecule has 1 heterocycles. The SMILES string of the molecule is Cn1nc(C(=O)CC(=O)Nc2ccc(N)cc2)cc1NC(=O)CCc1ccccc1. The van der Waals surface area contributed by atoms with Crippen molar-refractivity contribution in [3.63, 3.8) is 0 Å². The van der Waals surface area contributed by atoms with E-state index in [1.807, 2.05) is 30.3 Å². The molecule has 2 aromatic carbocycles. The molecule has 0 aliphatic carbocycles. The van der Waals surface area contributed by atoms with Gasteiger partial charge >= 0.3 is 0 Å². The van der Waals surface area contributed by atoms with Gasteiger partial charge in [0.2, 0.25) is 11.8 Å². The molecule has 0 aliphatic rings. The molecule has 0 saturated carbocycles. The summed E-state index contributed by atoms with van der Waals surface area (Å²) >= 11 is 0. The van der Waals surface area contributed by atoms with Crippen molar-refractivity contribution in [2.75, 3.05) is 16.4 Å². The quantitative estimate of drug-likeness (QED) is 0.302. The van der Waals surface area contributed by atoms with Crippen LogP contribution in [0.1, 0.15) is 28.9 Å². The number of carbonyl (C=O) groups is 3. The van der Waals surface area contributed by atoms with Crippen LogP contribution in [0.2, 0.25) is 0 Å². The smallest absolute Gasteiger partial charge is 0.232 e. The van der Waals surface area contributed by atoms with E-state index in [0.29, 0.717) is 30.0 Å². The predicted molar refractivity (Wildman–Crippen MR) is 115 cm³/mol. The van der Waals surface area contributed by atoms with Gasteiger partial charge in [-0.25, -0.2) is 0 Å². The van der Waals surface area contributed by atoms with Gasteiger partial charge in [0.05, 0.1) is 6.42 Å². The van der Waals surface area contributed by atoms with E-state index in [1.165, 1.54) is 10.7 Å². The van der Waals surface area contributed by atoms with Crippen LogP contribution < -0.4 is 16.4 Å². The van der Waals surface area contributed by atoms with Crippen molar-refractivity contribution < 1.29 is 14.4 Å². The van der Waals surface area contributed by atoms with Crippen molar-refractivity contribution in [1.82, 2.24) is 9.78 Å². The first-order valence-corrected chi connectivity index (χ1v) is 9.47. The number of nitrogens with two attached hydrogens (primary N) is 1. The Morgan fingerprint density at radius 3 is 2.37 bits per heavy atom. The largest absolute Gasteiger partial charge is 0.399 e. The second kappa shape index (κ2) is 9.51. The van der Waals surface area contributed by atoms with E-state index in [1.54, 1.807) is 31.3 Å². The summed E-state index contributed by atoms with van der Waals surface area (Å²) in [4.78, 5) is 36.7. The lowest BCUT2D eigenvalue weighted by Crippen LogP contribution is -2.17. The number of Topliss-reactive ketones (excluding diaryl/α,β-unsaturated/α-hetero) is 1. The van der Waals surface area contributed by atoms with Gasteiger partial charge in [0, 0.05) is 30.9 Å². The normalized spacial score (nSPS) is 10.4. The maximum absolute atomic E-state index is 12.4. The molecule has 3 aromatic rings. The Balaban J connectivity index is 1.53. The maximum Gasteiger partial charge on any atom is 0.232 e. The van der Waals surface area contributed by atoms with Gasteiger partial charge in [0.15, 0.2) is 5.78 Å². The lowest BCUT2D eigenvalue weighted by molar-refractivity contribution is -0.116. The Hall–Kier alpha value is -3.94. The molecule has 4 N–H and O–H groups in total. The molecule has 1 aromatic heterocycles. The average molecular weight is 405 g/mol. The number of hydrogen-bond acceptors (Lipinski definition) is 5. The monoisotopic (exact) mass is 405 g/mol. The van der Waals surface area contributed by atoms with Crippen LogP contribution in [0.3, 0.4) is 0 Å². The third-order valence-electron chi connectivity index (χ3n) is 4.43. The van der Waals surface area contributed by atoms with Gasteiger partial charge in [-0.3, -0.25) is 19.1 Å². The highest BCUT2D eigenvalue weighted by Gasteiger charge is 2.17. The minimum Gasteiger partial charge on any atom is -0.399 e. The van der Waals surface area contributed by atoms with Crippen molar-refractivity contribution in [3.8, 4) is 0 Å². The highest BCUT2D eigenvalue weighted by Crippen LogP contribution is 2.14. The molecule has 3 rings (SSSR count). The zero-order valence-electron chi connectivity index (χ0n) is 16.6. The molecule has 0 radical (unpaired) electrons. The van der Waals surface area contributed by atoms with E-state index in [0.717, 1.165) is 5.56 Å².